The number of nitrogens with two attached hydrogens (primary N) is 1. The summed E-state index contributed by atoms with van der Waals surface area (Å²) in [4.78, 5) is 15.8. The van der Waals surface area contributed by atoms with Crippen LogP contribution in [0.3, 0.4) is 0 Å². The quantitative estimate of drug-likeness (QED) is 0.414. The van der Waals surface area contributed by atoms with Crippen LogP contribution in [0.25, 0.3) is 11.1 Å². The van der Waals surface area contributed by atoms with E-state index in [4.69, 9.17) is 15.5 Å². The third-order valence-corrected chi connectivity index (χ3v) is 9.73. The zero-order valence-corrected chi connectivity index (χ0v) is 23.9. The Morgan fingerprint density at radius 2 is 2.08 bits per heavy atom. The Balaban J connectivity index is 1.28. The minimum Gasteiger partial charge on any atom is -0.491 e. The molecule has 212 valence electrons. The monoisotopic (exact) mass is 563 g/mol. The average Bonchev–Trinajstić information content (AvgIpc) is 3.37. The van der Waals surface area contributed by atoms with Crippen molar-refractivity contribution >= 4 is 21.7 Å². The summed E-state index contributed by atoms with van der Waals surface area (Å²) < 4.78 is 35.1. The van der Waals surface area contributed by atoms with Crippen LogP contribution in [0.1, 0.15) is 43.5 Å². The van der Waals surface area contributed by atoms with Crippen molar-refractivity contribution in [1.82, 2.24) is 25.0 Å². The maximum absolute atomic E-state index is 13.1. The van der Waals surface area contributed by atoms with Gasteiger partial charge < -0.3 is 20.7 Å². The molecule has 0 spiro atoms. The number of nitrogens with zero attached hydrogens (tertiary/aromatic N) is 4. The molecule has 1 atom stereocenters. The van der Waals surface area contributed by atoms with Crippen LogP contribution >= 0.6 is 0 Å². The van der Waals surface area contributed by atoms with E-state index in [-0.39, 0.29) is 22.0 Å². The number of ether oxygens (including phenoxy) is 1. The van der Waals surface area contributed by atoms with Gasteiger partial charge in [-0.15, -0.1) is 0 Å². The van der Waals surface area contributed by atoms with Crippen molar-refractivity contribution in [3.8, 4) is 16.9 Å². The highest BCUT2D eigenvalue weighted by atomic mass is 32.2. The minimum atomic E-state index is -3.81. The number of rotatable bonds is 6. The molecule has 1 aliphatic carbocycles. The summed E-state index contributed by atoms with van der Waals surface area (Å²) in [7, 11) is -3.81. The fraction of sp³-hybridized carbons (Fsp3) is 0.483. The van der Waals surface area contributed by atoms with Crippen LogP contribution in [-0.2, 0) is 29.4 Å². The van der Waals surface area contributed by atoms with E-state index in [2.05, 4.69) is 38.8 Å². The van der Waals surface area contributed by atoms with Gasteiger partial charge in [-0.05, 0) is 73.9 Å². The fourth-order valence-corrected chi connectivity index (χ4v) is 7.13. The molecular formula is C29H37N7O3S. The van der Waals surface area contributed by atoms with Crippen LogP contribution in [0.2, 0.25) is 0 Å². The second kappa shape index (κ2) is 10.6. The molecule has 1 saturated heterocycles. The van der Waals surface area contributed by atoms with Crippen molar-refractivity contribution in [2.24, 2.45) is 11.3 Å². The van der Waals surface area contributed by atoms with E-state index >= 15 is 0 Å². The third kappa shape index (κ3) is 5.50. The Bertz CT molecular complexity index is 1520. The molecule has 10 nitrogen and oxygen atoms in total. The molecule has 2 aromatic heterocycles. The molecule has 4 N–H and O–H groups in total. The zero-order valence-electron chi connectivity index (χ0n) is 23.1. The average molecular weight is 564 g/mol. The molecule has 40 heavy (non-hydrogen) atoms. The summed E-state index contributed by atoms with van der Waals surface area (Å²) in [6.07, 6.45) is 7.27. The van der Waals surface area contributed by atoms with Crippen molar-refractivity contribution in [3.05, 3.63) is 53.6 Å². The number of nitrogens with one attached hydrogen (secondary N) is 2. The van der Waals surface area contributed by atoms with E-state index in [0.29, 0.717) is 31.8 Å². The first-order chi connectivity index (χ1) is 19.2. The van der Waals surface area contributed by atoms with Crippen LogP contribution in [0.5, 0.6) is 5.75 Å². The summed E-state index contributed by atoms with van der Waals surface area (Å²) in [6, 6.07) is 7.54. The maximum atomic E-state index is 13.1. The topological polar surface area (TPSA) is 135 Å². The van der Waals surface area contributed by atoms with E-state index < -0.39 is 10.0 Å². The Hall–Kier alpha value is -3.28. The first-order valence-electron chi connectivity index (χ1n) is 14.0. The van der Waals surface area contributed by atoms with Crippen LogP contribution in [-0.4, -0.2) is 56.2 Å². The third-order valence-electron chi connectivity index (χ3n) is 8.27. The van der Waals surface area contributed by atoms with Gasteiger partial charge in [-0.3, -0.25) is 0 Å². The lowest BCUT2D eigenvalue weighted by molar-refractivity contribution is 0.310. The number of benzene rings is 1. The van der Waals surface area contributed by atoms with E-state index in [0.717, 1.165) is 67.2 Å². The van der Waals surface area contributed by atoms with E-state index in [1.165, 1.54) is 5.56 Å². The number of fused-ring (bicyclic) bond motifs is 2. The summed E-state index contributed by atoms with van der Waals surface area (Å²) in [5.41, 5.74) is 11.2. The van der Waals surface area contributed by atoms with Gasteiger partial charge in [0.25, 0.3) is 0 Å². The lowest BCUT2D eigenvalue weighted by atomic mass is 9.76. The predicted molar refractivity (Wildman–Crippen MR) is 155 cm³/mol. The molecule has 3 aromatic rings. The van der Waals surface area contributed by atoms with Crippen LogP contribution in [0.15, 0.2) is 41.7 Å². The summed E-state index contributed by atoms with van der Waals surface area (Å²) >= 11 is 0. The zero-order chi connectivity index (χ0) is 27.9. The lowest BCUT2D eigenvalue weighted by Gasteiger charge is -2.33. The molecule has 1 fully saturated rings. The van der Waals surface area contributed by atoms with Crippen LogP contribution in [0.4, 0.5) is 11.6 Å². The predicted octanol–water partition coefficient (Wildman–Crippen LogP) is 2.92. The second-order valence-corrected chi connectivity index (χ2v) is 13.6. The Labute approximate surface area is 235 Å². The molecule has 11 heteroatoms. The van der Waals surface area contributed by atoms with Crippen LogP contribution < -0.4 is 25.4 Å². The molecule has 4 heterocycles. The van der Waals surface area contributed by atoms with Gasteiger partial charge in [-0.1, -0.05) is 19.9 Å². The molecule has 1 unspecified atom stereocenters. The van der Waals surface area contributed by atoms with Gasteiger partial charge in [0.2, 0.25) is 10.0 Å². The maximum Gasteiger partial charge on any atom is 0.244 e. The molecule has 0 bridgehead atoms. The van der Waals surface area contributed by atoms with E-state index in [1.54, 1.807) is 18.6 Å². The molecule has 0 radical (unpaired) electrons. The van der Waals surface area contributed by atoms with E-state index in [9.17, 15) is 8.42 Å². The summed E-state index contributed by atoms with van der Waals surface area (Å²) in [5, 5.41) is 3.26. The highest BCUT2D eigenvalue weighted by Gasteiger charge is 2.31. The van der Waals surface area contributed by atoms with Crippen molar-refractivity contribution in [3.63, 3.8) is 0 Å². The molecule has 1 aromatic carbocycles. The molecule has 0 saturated carbocycles. The number of aryl methyl sites for hydroxylation is 1. The second-order valence-electron chi connectivity index (χ2n) is 11.9. The fourth-order valence-electron chi connectivity index (χ4n) is 5.91. The number of hydrogen-bond donors (Lipinski definition) is 3. The van der Waals surface area contributed by atoms with E-state index in [1.807, 2.05) is 18.2 Å². The van der Waals surface area contributed by atoms with Crippen molar-refractivity contribution in [2.75, 3.05) is 43.4 Å². The summed E-state index contributed by atoms with van der Waals surface area (Å²) in [5.74, 6) is 2.05. The first kappa shape index (κ1) is 26.9. The van der Waals surface area contributed by atoms with Gasteiger partial charge in [0, 0.05) is 41.7 Å². The van der Waals surface area contributed by atoms with Crippen molar-refractivity contribution in [1.29, 1.82) is 0 Å². The number of sulfonamides is 1. The minimum absolute atomic E-state index is 0.000923. The van der Waals surface area contributed by atoms with Gasteiger partial charge in [0.05, 0.1) is 6.54 Å². The highest BCUT2D eigenvalue weighted by Crippen LogP contribution is 2.39. The van der Waals surface area contributed by atoms with Gasteiger partial charge in [-0.25, -0.2) is 28.1 Å². The van der Waals surface area contributed by atoms with Crippen molar-refractivity contribution < 1.29 is 13.2 Å². The lowest BCUT2D eigenvalue weighted by Crippen LogP contribution is -2.31. The van der Waals surface area contributed by atoms with Crippen molar-refractivity contribution in [2.45, 2.75) is 51.0 Å². The first-order valence-corrected chi connectivity index (χ1v) is 15.5. The van der Waals surface area contributed by atoms with Gasteiger partial charge in [0.15, 0.2) is 0 Å². The smallest absolute Gasteiger partial charge is 0.244 e. The number of hydrogen-bond acceptors (Lipinski definition) is 9. The number of anilines is 2. The van der Waals surface area contributed by atoms with Gasteiger partial charge >= 0.3 is 0 Å². The molecular weight excluding hydrogens is 526 g/mol. The van der Waals surface area contributed by atoms with Gasteiger partial charge in [0.1, 0.15) is 35.2 Å². The number of pyridine rings is 1. The highest BCUT2D eigenvalue weighted by molar-refractivity contribution is 7.89. The Kier molecular flexibility index (Phi) is 7.14. The standard InChI is InChI=1S/C29H37N7O3S/c1-29(2)7-5-24-23(13-29)28(34-18-33-24)36-9-10-39-25-4-3-20(11-22(25)17-36)21-12-26(27(30)32-16-21)40(37,38)35-15-19-6-8-31-14-19/h3-4,11-12,16,18-19,31,35H,5-10,13-15,17H2,1-2H3,(H2,30,32). The summed E-state index contributed by atoms with van der Waals surface area (Å²) in [6.45, 7) is 8.56. The Morgan fingerprint density at radius 1 is 1.20 bits per heavy atom. The molecule has 3 aliphatic rings. The van der Waals surface area contributed by atoms with Gasteiger partial charge in [-0.2, -0.15) is 0 Å². The largest absolute Gasteiger partial charge is 0.491 e. The van der Waals surface area contributed by atoms with Crippen LogP contribution in [0, 0.1) is 11.3 Å². The number of nitrogen functional groups attached to an aromatic ring is 1. The molecule has 6 rings (SSSR count). The Morgan fingerprint density at radius 3 is 2.90 bits per heavy atom. The number of aromatic nitrogens is 3. The normalized spacial score (nSPS) is 20.4. The molecule has 2 aliphatic heterocycles. The molecule has 0 amide bonds. The SMILES string of the molecule is CC1(C)CCc2ncnc(N3CCOc4ccc(-c5cnc(N)c(S(=O)(=O)NCC6CCNC6)c5)cc4C3)c2C1.